The van der Waals surface area contributed by atoms with Gasteiger partial charge >= 0.3 is 0 Å². The van der Waals surface area contributed by atoms with Crippen LogP contribution in [-0.4, -0.2) is 29.4 Å². The number of hydrogen-bond acceptors (Lipinski definition) is 3. The predicted octanol–water partition coefficient (Wildman–Crippen LogP) is 3.23. The van der Waals surface area contributed by atoms with E-state index in [-0.39, 0.29) is 11.9 Å². The van der Waals surface area contributed by atoms with Gasteiger partial charge in [-0.25, -0.2) is 0 Å². The summed E-state index contributed by atoms with van der Waals surface area (Å²) in [4.78, 5) is 12.4. The number of halogens is 2. The zero-order chi connectivity index (χ0) is 16.1. The summed E-state index contributed by atoms with van der Waals surface area (Å²) in [5, 5.41) is 7.91. The maximum atomic E-state index is 12.4. The van der Waals surface area contributed by atoms with E-state index in [0.29, 0.717) is 28.8 Å². The molecule has 7 heteroatoms. The van der Waals surface area contributed by atoms with Crippen LogP contribution in [-0.2, 0) is 11.8 Å². The summed E-state index contributed by atoms with van der Waals surface area (Å²) < 4.78 is 6.64. The van der Waals surface area contributed by atoms with Crippen LogP contribution < -0.4 is 5.32 Å². The van der Waals surface area contributed by atoms with Crippen LogP contribution in [0.3, 0.4) is 0 Å². The van der Waals surface area contributed by atoms with Crippen LogP contribution in [0.25, 0.3) is 0 Å². The Balaban J connectivity index is 2.20. The van der Waals surface area contributed by atoms with Crippen LogP contribution in [0.1, 0.15) is 28.5 Å². The molecule has 0 radical (unpaired) electrons. The number of hydrogen-bond donors (Lipinski definition) is 1. The number of ether oxygens (including phenoxy) is 1. The van der Waals surface area contributed by atoms with Crippen LogP contribution in [0.2, 0.25) is 10.0 Å². The molecular formula is C15H17Cl2N3O2. The van der Waals surface area contributed by atoms with Gasteiger partial charge in [0.05, 0.1) is 16.1 Å². The van der Waals surface area contributed by atoms with Crippen molar-refractivity contribution < 1.29 is 9.53 Å². The van der Waals surface area contributed by atoms with Gasteiger partial charge in [-0.2, -0.15) is 5.10 Å². The van der Waals surface area contributed by atoms with E-state index in [1.807, 2.05) is 6.07 Å². The van der Waals surface area contributed by atoms with Crippen LogP contribution in [0.15, 0.2) is 30.5 Å². The van der Waals surface area contributed by atoms with Gasteiger partial charge in [0.25, 0.3) is 5.91 Å². The first-order chi connectivity index (χ1) is 10.5. The van der Waals surface area contributed by atoms with Crippen molar-refractivity contribution >= 4 is 29.1 Å². The number of amides is 1. The monoisotopic (exact) mass is 341 g/mol. The van der Waals surface area contributed by atoms with E-state index in [1.165, 1.54) is 4.68 Å². The fourth-order valence-electron chi connectivity index (χ4n) is 2.12. The number of nitrogens with one attached hydrogen (secondary N) is 1. The maximum absolute atomic E-state index is 12.4. The first-order valence-electron chi connectivity index (χ1n) is 6.75. The number of rotatable bonds is 6. The smallest absolute Gasteiger partial charge is 0.270 e. The standard InChI is InChI=1S/C15H17Cl2N3O2/c1-20-14(5-7-18-20)15(21)19-13(6-8-22-2)10-3-4-11(16)12(17)9-10/h3-5,7,9,13H,6,8H2,1-2H3,(H,19,21)/t13-/m0/s1. The first kappa shape index (κ1) is 16.8. The summed E-state index contributed by atoms with van der Waals surface area (Å²) in [6, 6.07) is 6.76. The van der Waals surface area contributed by atoms with Gasteiger partial charge in [-0.3, -0.25) is 9.48 Å². The van der Waals surface area contributed by atoms with Crippen molar-refractivity contribution in [2.24, 2.45) is 7.05 Å². The molecule has 22 heavy (non-hydrogen) atoms. The Morgan fingerprint density at radius 3 is 2.73 bits per heavy atom. The van der Waals surface area contributed by atoms with Gasteiger partial charge in [0.2, 0.25) is 0 Å². The summed E-state index contributed by atoms with van der Waals surface area (Å²) >= 11 is 12.0. The van der Waals surface area contributed by atoms with Gasteiger partial charge in [-0.05, 0) is 30.2 Å². The molecule has 1 N–H and O–H groups in total. The molecular weight excluding hydrogens is 325 g/mol. The average molecular weight is 342 g/mol. The Morgan fingerprint density at radius 1 is 1.36 bits per heavy atom. The van der Waals surface area contributed by atoms with Crippen molar-refractivity contribution in [3.63, 3.8) is 0 Å². The molecule has 1 amide bonds. The van der Waals surface area contributed by atoms with E-state index in [4.69, 9.17) is 27.9 Å². The summed E-state index contributed by atoms with van der Waals surface area (Å²) in [5.74, 6) is -0.202. The Kier molecular flexibility index (Phi) is 5.83. The highest BCUT2D eigenvalue weighted by atomic mass is 35.5. The molecule has 1 atom stereocenters. The van der Waals surface area contributed by atoms with Crippen molar-refractivity contribution in [2.75, 3.05) is 13.7 Å². The molecule has 1 heterocycles. The molecule has 0 saturated carbocycles. The first-order valence-corrected chi connectivity index (χ1v) is 7.51. The van der Waals surface area contributed by atoms with Crippen molar-refractivity contribution in [3.8, 4) is 0 Å². The van der Waals surface area contributed by atoms with Gasteiger partial charge in [-0.1, -0.05) is 29.3 Å². The third-order valence-corrected chi connectivity index (χ3v) is 4.05. The lowest BCUT2D eigenvalue weighted by molar-refractivity contribution is 0.0915. The van der Waals surface area contributed by atoms with Gasteiger partial charge in [0.15, 0.2) is 0 Å². The molecule has 1 aromatic heterocycles. The SMILES string of the molecule is COCC[C@H](NC(=O)c1ccnn1C)c1ccc(Cl)c(Cl)c1. The molecule has 0 spiro atoms. The zero-order valence-corrected chi connectivity index (χ0v) is 13.9. The zero-order valence-electron chi connectivity index (χ0n) is 12.3. The number of nitrogens with zero attached hydrogens (tertiary/aromatic N) is 2. The van der Waals surface area contributed by atoms with E-state index in [2.05, 4.69) is 10.4 Å². The van der Waals surface area contributed by atoms with Gasteiger partial charge < -0.3 is 10.1 Å². The predicted molar refractivity (Wildman–Crippen MR) is 86.4 cm³/mol. The number of carbonyl (C=O) groups is 1. The third-order valence-electron chi connectivity index (χ3n) is 3.32. The lowest BCUT2D eigenvalue weighted by Crippen LogP contribution is -2.30. The van der Waals surface area contributed by atoms with Crippen LogP contribution in [0.4, 0.5) is 0 Å². The fraction of sp³-hybridized carbons (Fsp3) is 0.333. The molecule has 0 fully saturated rings. The topological polar surface area (TPSA) is 56.1 Å². The molecule has 0 aliphatic rings. The molecule has 0 aliphatic heterocycles. The second-order valence-corrected chi connectivity index (χ2v) is 5.64. The Bertz CT molecular complexity index is 658. The maximum Gasteiger partial charge on any atom is 0.270 e. The van der Waals surface area contributed by atoms with Gasteiger partial charge in [-0.15, -0.1) is 0 Å². The normalized spacial score (nSPS) is 12.2. The minimum absolute atomic E-state index is 0.202. The summed E-state index contributed by atoms with van der Waals surface area (Å²) in [7, 11) is 3.34. The quantitative estimate of drug-likeness (QED) is 0.877. The minimum Gasteiger partial charge on any atom is -0.385 e. The van der Waals surface area contributed by atoms with Crippen molar-refractivity contribution in [1.29, 1.82) is 0 Å². The molecule has 1 aromatic carbocycles. The highest BCUT2D eigenvalue weighted by Gasteiger charge is 2.18. The highest BCUT2D eigenvalue weighted by molar-refractivity contribution is 6.42. The van der Waals surface area contributed by atoms with E-state index in [9.17, 15) is 4.79 Å². The van der Waals surface area contributed by atoms with Crippen LogP contribution in [0, 0.1) is 0 Å². The summed E-state index contributed by atoms with van der Waals surface area (Å²) in [5.41, 5.74) is 1.37. The molecule has 0 unspecified atom stereocenters. The number of benzene rings is 1. The van der Waals surface area contributed by atoms with Crippen molar-refractivity contribution in [2.45, 2.75) is 12.5 Å². The minimum atomic E-state index is -0.225. The van der Waals surface area contributed by atoms with Crippen molar-refractivity contribution in [1.82, 2.24) is 15.1 Å². The summed E-state index contributed by atoms with van der Waals surface area (Å²) in [6.45, 7) is 0.510. The number of aromatic nitrogens is 2. The van der Waals surface area contributed by atoms with Crippen LogP contribution >= 0.6 is 23.2 Å². The fourth-order valence-corrected chi connectivity index (χ4v) is 2.42. The third kappa shape index (κ3) is 4.00. The molecule has 0 bridgehead atoms. The van der Waals surface area contributed by atoms with E-state index < -0.39 is 0 Å². The van der Waals surface area contributed by atoms with Gasteiger partial charge in [0, 0.05) is 27.0 Å². The lowest BCUT2D eigenvalue weighted by Gasteiger charge is -2.19. The Hall–Kier alpha value is -1.56. The average Bonchev–Trinajstić information content (AvgIpc) is 2.92. The van der Waals surface area contributed by atoms with E-state index >= 15 is 0 Å². The van der Waals surface area contributed by atoms with Crippen LogP contribution in [0.5, 0.6) is 0 Å². The molecule has 5 nitrogen and oxygen atoms in total. The second-order valence-electron chi connectivity index (χ2n) is 4.82. The van der Waals surface area contributed by atoms with Gasteiger partial charge in [0.1, 0.15) is 5.69 Å². The van der Waals surface area contributed by atoms with Crippen molar-refractivity contribution in [3.05, 3.63) is 51.8 Å². The highest BCUT2D eigenvalue weighted by Crippen LogP contribution is 2.27. The number of methoxy groups -OCH3 is 1. The second kappa shape index (κ2) is 7.63. The molecule has 0 saturated heterocycles. The number of aryl methyl sites for hydroxylation is 1. The summed E-state index contributed by atoms with van der Waals surface area (Å²) in [6.07, 6.45) is 2.20. The largest absolute Gasteiger partial charge is 0.385 e. The Labute approximate surface area is 139 Å². The van der Waals surface area contributed by atoms with E-state index in [0.717, 1.165) is 5.56 Å². The number of carbonyl (C=O) groups excluding carboxylic acids is 1. The lowest BCUT2D eigenvalue weighted by atomic mass is 10.0. The molecule has 2 rings (SSSR count). The molecule has 0 aliphatic carbocycles. The Morgan fingerprint density at radius 2 is 2.14 bits per heavy atom. The van der Waals surface area contributed by atoms with E-state index in [1.54, 1.807) is 38.6 Å². The molecule has 118 valence electrons. The molecule has 2 aromatic rings.